The first kappa shape index (κ1) is 20.2. The number of carbonyl (C=O) groups excluding carboxylic acids is 1. The van der Waals surface area contributed by atoms with E-state index in [0.717, 1.165) is 11.1 Å². The molecule has 1 amide bonds. The molecular formula is C24H17F2N3O2. The first-order valence-electron chi connectivity index (χ1n) is 9.45. The molecule has 1 aromatic heterocycles. The minimum absolute atomic E-state index is 0.128. The number of hydrogen-bond acceptors (Lipinski definition) is 4. The van der Waals surface area contributed by atoms with Gasteiger partial charge in [-0.25, -0.2) is 18.7 Å². The lowest BCUT2D eigenvalue weighted by molar-refractivity contribution is 0.0951. The van der Waals surface area contributed by atoms with Crippen molar-refractivity contribution in [2.45, 2.75) is 6.54 Å². The minimum Gasteiger partial charge on any atom is -0.424 e. The molecule has 5 nitrogen and oxygen atoms in total. The van der Waals surface area contributed by atoms with Gasteiger partial charge in [-0.3, -0.25) is 4.79 Å². The molecule has 0 radical (unpaired) electrons. The van der Waals surface area contributed by atoms with Crippen LogP contribution >= 0.6 is 0 Å². The quantitative estimate of drug-likeness (QED) is 0.472. The second kappa shape index (κ2) is 9.13. The zero-order valence-corrected chi connectivity index (χ0v) is 16.3. The Hall–Kier alpha value is -4.13. The maximum atomic E-state index is 13.0. The van der Waals surface area contributed by atoms with E-state index in [1.54, 1.807) is 42.7 Å². The highest BCUT2D eigenvalue weighted by molar-refractivity contribution is 5.95. The van der Waals surface area contributed by atoms with Crippen molar-refractivity contribution in [3.05, 3.63) is 108 Å². The second-order valence-corrected chi connectivity index (χ2v) is 6.70. The van der Waals surface area contributed by atoms with Crippen molar-refractivity contribution in [2.24, 2.45) is 0 Å². The second-order valence-electron chi connectivity index (χ2n) is 6.70. The summed E-state index contributed by atoms with van der Waals surface area (Å²) in [5.74, 6) is -0.499. The lowest BCUT2D eigenvalue weighted by atomic mass is 10.1. The van der Waals surface area contributed by atoms with Crippen LogP contribution < -0.4 is 10.1 Å². The number of ether oxygens (including phenoxy) is 1. The third kappa shape index (κ3) is 5.27. The third-order valence-electron chi connectivity index (χ3n) is 4.48. The summed E-state index contributed by atoms with van der Waals surface area (Å²) in [5.41, 5.74) is 2.75. The summed E-state index contributed by atoms with van der Waals surface area (Å²) in [5, 5.41) is 2.81. The first-order valence-corrected chi connectivity index (χ1v) is 9.45. The summed E-state index contributed by atoms with van der Waals surface area (Å²) < 4.78 is 31.5. The van der Waals surface area contributed by atoms with E-state index in [2.05, 4.69) is 15.3 Å². The Bertz CT molecular complexity index is 1180. The van der Waals surface area contributed by atoms with Crippen LogP contribution in [0.15, 0.2) is 85.2 Å². The van der Waals surface area contributed by atoms with Gasteiger partial charge in [-0.1, -0.05) is 24.3 Å². The maximum absolute atomic E-state index is 13.0. The summed E-state index contributed by atoms with van der Waals surface area (Å²) in [6, 6.07) is 18.7. The van der Waals surface area contributed by atoms with E-state index in [-0.39, 0.29) is 23.6 Å². The Labute approximate surface area is 177 Å². The minimum atomic E-state index is -0.356. The van der Waals surface area contributed by atoms with Crippen LogP contribution in [0.1, 0.15) is 15.9 Å². The number of benzene rings is 3. The van der Waals surface area contributed by atoms with Gasteiger partial charge in [-0.2, -0.15) is 0 Å². The van der Waals surface area contributed by atoms with E-state index in [1.165, 1.54) is 36.4 Å². The molecule has 1 N–H and O–H groups in total. The lowest BCUT2D eigenvalue weighted by Gasteiger charge is -2.08. The Kier molecular flexibility index (Phi) is 5.93. The molecular weight excluding hydrogens is 400 g/mol. The van der Waals surface area contributed by atoms with Gasteiger partial charge >= 0.3 is 6.01 Å². The lowest BCUT2D eigenvalue weighted by Crippen LogP contribution is -2.22. The van der Waals surface area contributed by atoms with Crippen molar-refractivity contribution >= 4 is 5.91 Å². The fraction of sp³-hybridized carbons (Fsp3) is 0.0417. The van der Waals surface area contributed by atoms with Crippen molar-refractivity contribution in [1.82, 2.24) is 15.3 Å². The number of carbonyl (C=O) groups is 1. The van der Waals surface area contributed by atoms with Crippen LogP contribution in [0.25, 0.3) is 11.1 Å². The molecule has 0 aliphatic rings. The molecule has 0 saturated heterocycles. The average molecular weight is 417 g/mol. The fourth-order valence-electron chi connectivity index (χ4n) is 2.85. The van der Waals surface area contributed by atoms with Gasteiger partial charge in [0, 0.05) is 30.1 Å². The van der Waals surface area contributed by atoms with E-state index >= 15 is 0 Å². The number of nitrogens with zero attached hydrogens (tertiary/aromatic N) is 2. The van der Waals surface area contributed by atoms with Crippen LogP contribution in [0.4, 0.5) is 8.78 Å². The highest BCUT2D eigenvalue weighted by Gasteiger charge is 2.09. The fourth-order valence-corrected chi connectivity index (χ4v) is 2.85. The number of aromatic nitrogens is 2. The molecule has 4 aromatic rings. The number of halogens is 2. The molecule has 3 aromatic carbocycles. The molecule has 7 heteroatoms. The van der Waals surface area contributed by atoms with Gasteiger partial charge in [0.25, 0.3) is 5.91 Å². The summed E-state index contributed by atoms with van der Waals surface area (Å²) >= 11 is 0. The molecule has 31 heavy (non-hydrogen) atoms. The highest BCUT2D eigenvalue weighted by atomic mass is 19.1. The van der Waals surface area contributed by atoms with Crippen LogP contribution in [-0.2, 0) is 6.54 Å². The molecule has 0 spiro atoms. The molecule has 0 unspecified atom stereocenters. The average Bonchev–Trinajstić information content (AvgIpc) is 2.80. The molecule has 0 bridgehead atoms. The number of nitrogens with one attached hydrogen (secondary N) is 1. The van der Waals surface area contributed by atoms with Gasteiger partial charge in [-0.05, 0) is 59.7 Å². The normalized spacial score (nSPS) is 10.5. The number of rotatable bonds is 6. The van der Waals surface area contributed by atoms with Crippen LogP contribution in [0.3, 0.4) is 0 Å². The molecule has 154 valence electrons. The van der Waals surface area contributed by atoms with Crippen LogP contribution in [0, 0.1) is 11.6 Å². The standard InChI is InChI=1S/C24H17F2N3O2/c25-20-6-4-16(5-7-20)13-27-23(30)18-3-1-2-17(12-18)19-14-28-24(29-15-19)31-22-10-8-21(26)9-11-22/h1-12,14-15H,13H2,(H,27,30). The van der Waals surface area contributed by atoms with Crippen molar-refractivity contribution in [3.63, 3.8) is 0 Å². The van der Waals surface area contributed by atoms with Gasteiger partial charge in [0.2, 0.25) is 0 Å². The van der Waals surface area contributed by atoms with Gasteiger partial charge in [0.05, 0.1) is 0 Å². The molecule has 0 fully saturated rings. The summed E-state index contributed by atoms with van der Waals surface area (Å²) in [6.45, 7) is 0.294. The van der Waals surface area contributed by atoms with Crippen molar-refractivity contribution in [3.8, 4) is 22.9 Å². The zero-order valence-electron chi connectivity index (χ0n) is 16.3. The van der Waals surface area contributed by atoms with E-state index in [1.807, 2.05) is 6.07 Å². The molecule has 0 atom stereocenters. The van der Waals surface area contributed by atoms with Gasteiger partial charge in [0.1, 0.15) is 17.4 Å². The molecule has 0 aliphatic heterocycles. The van der Waals surface area contributed by atoms with Gasteiger partial charge < -0.3 is 10.1 Å². The molecule has 4 rings (SSSR count). The van der Waals surface area contributed by atoms with Crippen LogP contribution in [0.5, 0.6) is 11.8 Å². The smallest absolute Gasteiger partial charge is 0.321 e. The number of amides is 1. The topological polar surface area (TPSA) is 64.1 Å². The van der Waals surface area contributed by atoms with E-state index < -0.39 is 0 Å². The highest BCUT2D eigenvalue weighted by Crippen LogP contribution is 2.22. The van der Waals surface area contributed by atoms with Crippen molar-refractivity contribution in [1.29, 1.82) is 0 Å². The SMILES string of the molecule is O=C(NCc1ccc(F)cc1)c1cccc(-c2cnc(Oc3ccc(F)cc3)nc2)c1. The van der Waals surface area contributed by atoms with E-state index in [4.69, 9.17) is 4.74 Å². The monoisotopic (exact) mass is 417 g/mol. The Morgan fingerprint density at radius 3 is 2.16 bits per heavy atom. The summed E-state index contributed by atoms with van der Waals surface area (Å²) in [4.78, 5) is 20.8. The van der Waals surface area contributed by atoms with Gasteiger partial charge in [0.15, 0.2) is 0 Å². The Morgan fingerprint density at radius 1 is 0.839 bits per heavy atom. The zero-order chi connectivity index (χ0) is 21.6. The predicted molar refractivity (Wildman–Crippen MR) is 112 cm³/mol. The summed E-state index contributed by atoms with van der Waals surface area (Å²) in [6.07, 6.45) is 3.17. The largest absolute Gasteiger partial charge is 0.424 e. The number of hydrogen-bond donors (Lipinski definition) is 1. The van der Waals surface area contributed by atoms with Crippen molar-refractivity contribution in [2.75, 3.05) is 0 Å². The van der Waals surface area contributed by atoms with E-state index in [9.17, 15) is 13.6 Å². The Morgan fingerprint density at radius 2 is 1.48 bits per heavy atom. The van der Waals surface area contributed by atoms with Crippen LogP contribution in [-0.4, -0.2) is 15.9 Å². The van der Waals surface area contributed by atoms with Gasteiger partial charge in [-0.15, -0.1) is 0 Å². The predicted octanol–water partition coefficient (Wildman–Crippen LogP) is 5.14. The van der Waals surface area contributed by atoms with E-state index in [0.29, 0.717) is 23.4 Å². The first-order chi connectivity index (χ1) is 15.1. The van der Waals surface area contributed by atoms with Crippen molar-refractivity contribution < 1.29 is 18.3 Å². The maximum Gasteiger partial charge on any atom is 0.321 e. The molecule has 0 saturated carbocycles. The molecule has 0 aliphatic carbocycles. The molecule has 1 heterocycles. The van der Waals surface area contributed by atoms with Crippen LogP contribution in [0.2, 0.25) is 0 Å². The summed E-state index contributed by atoms with van der Waals surface area (Å²) in [7, 11) is 0. The Balaban J connectivity index is 1.42. The third-order valence-corrected chi connectivity index (χ3v) is 4.48.